The topological polar surface area (TPSA) is 53.2 Å². The van der Waals surface area contributed by atoms with Gasteiger partial charge in [0.2, 0.25) is 0 Å². The average Bonchev–Trinajstić information content (AvgIpc) is 2.42. The van der Waals surface area contributed by atoms with E-state index in [0.717, 1.165) is 25.7 Å². The van der Waals surface area contributed by atoms with E-state index in [1.165, 1.54) is 0 Å². The number of carbonyl (C=O) groups is 1. The highest BCUT2D eigenvalue weighted by Crippen LogP contribution is 2.21. The van der Waals surface area contributed by atoms with Gasteiger partial charge in [0.15, 0.2) is 0 Å². The van der Waals surface area contributed by atoms with E-state index < -0.39 is 0 Å². The maximum absolute atomic E-state index is 11.9. The summed E-state index contributed by atoms with van der Waals surface area (Å²) >= 11 is 6.00. The first-order valence-corrected chi connectivity index (χ1v) is 7.06. The molecule has 1 aliphatic rings. The van der Waals surface area contributed by atoms with Crippen LogP contribution in [0.25, 0.3) is 0 Å². The Hall–Kier alpha value is -1.26. The summed E-state index contributed by atoms with van der Waals surface area (Å²) in [6.45, 7) is 0. The van der Waals surface area contributed by atoms with Gasteiger partial charge < -0.3 is 16.0 Å². The molecule has 0 aromatic heterocycles. The molecule has 0 bridgehead atoms. The third kappa shape index (κ3) is 4.11. The van der Waals surface area contributed by atoms with Crippen LogP contribution in [0, 0.1) is 0 Å². The summed E-state index contributed by atoms with van der Waals surface area (Å²) in [6.07, 6.45) is 4.24. The first-order valence-electron chi connectivity index (χ1n) is 6.68. The first-order chi connectivity index (χ1) is 9.19. The number of hydrogen-bond donors (Lipinski definition) is 3. The maximum Gasteiger partial charge on any atom is 0.319 e. The third-order valence-corrected chi connectivity index (χ3v) is 3.92. The lowest BCUT2D eigenvalue weighted by atomic mass is 9.91. The number of urea groups is 1. The molecule has 1 fully saturated rings. The predicted molar refractivity (Wildman–Crippen MR) is 78.7 cm³/mol. The van der Waals surface area contributed by atoms with Crippen LogP contribution >= 0.6 is 11.6 Å². The molecule has 3 N–H and O–H groups in total. The van der Waals surface area contributed by atoms with Gasteiger partial charge in [0.25, 0.3) is 0 Å². The van der Waals surface area contributed by atoms with Gasteiger partial charge in [-0.2, -0.15) is 0 Å². The van der Waals surface area contributed by atoms with Crippen molar-refractivity contribution < 1.29 is 4.79 Å². The molecule has 2 amide bonds. The molecular formula is C14H20ClN3O. The van der Waals surface area contributed by atoms with Crippen molar-refractivity contribution in [2.24, 2.45) is 0 Å². The summed E-state index contributed by atoms with van der Waals surface area (Å²) in [7, 11) is 1.99. The van der Waals surface area contributed by atoms with Gasteiger partial charge in [-0.25, -0.2) is 4.79 Å². The number of anilines is 1. The van der Waals surface area contributed by atoms with E-state index in [1.54, 1.807) is 12.1 Å². The average molecular weight is 282 g/mol. The standard InChI is InChI=1S/C14H20ClN3O/c1-16-10-6-8-11(9-7-10)17-14(19)18-13-5-3-2-4-12(13)15/h2-5,10-11,16H,6-9H2,1H3,(H2,17,18,19). The second-order valence-corrected chi connectivity index (χ2v) is 5.32. The lowest BCUT2D eigenvalue weighted by molar-refractivity contribution is 0.241. The van der Waals surface area contributed by atoms with E-state index in [0.29, 0.717) is 16.8 Å². The number of benzene rings is 1. The van der Waals surface area contributed by atoms with E-state index in [-0.39, 0.29) is 12.1 Å². The van der Waals surface area contributed by atoms with Crippen LogP contribution in [0.5, 0.6) is 0 Å². The number of para-hydroxylation sites is 1. The van der Waals surface area contributed by atoms with Crippen molar-refractivity contribution in [1.82, 2.24) is 10.6 Å². The van der Waals surface area contributed by atoms with Gasteiger partial charge in [-0.1, -0.05) is 23.7 Å². The van der Waals surface area contributed by atoms with Crippen molar-refractivity contribution in [3.63, 3.8) is 0 Å². The monoisotopic (exact) mass is 281 g/mol. The van der Waals surface area contributed by atoms with Crippen molar-refractivity contribution in [3.8, 4) is 0 Å². The summed E-state index contributed by atoms with van der Waals surface area (Å²) in [6, 6.07) is 7.90. The molecule has 104 valence electrons. The SMILES string of the molecule is CNC1CCC(NC(=O)Nc2ccccc2Cl)CC1. The van der Waals surface area contributed by atoms with Crippen LogP contribution in [-0.2, 0) is 0 Å². The first kappa shape index (κ1) is 14.2. The lowest BCUT2D eigenvalue weighted by Gasteiger charge is -2.28. The summed E-state index contributed by atoms with van der Waals surface area (Å²) in [5.41, 5.74) is 0.644. The van der Waals surface area contributed by atoms with Crippen molar-refractivity contribution in [3.05, 3.63) is 29.3 Å². The molecule has 19 heavy (non-hydrogen) atoms. The van der Waals surface area contributed by atoms with E-state index in [4.69, 9.17) is 11.6 Å². The quantitative estimate of drug-likeness (QED) is 0.798. The Balaban J connectivity index is 1.81. The second kappa shape index (κ2) is 6.78. The lowest BCUT2D eigenvalue weighted by Crippen LogP contribution is -2.43. The number of nitrogens with one attached hydrogen (secondary N) is 3. The maximum atomic E-state index is 11.9. The minimum absolute atomic E-state index is 0.180. The minimum Gasteiger partial charge on any atom is -0.335 e. The summed E-state index contributed by atoms with van der Waals surface area (Å²) in [5, 5.41) is 9.62. The van der Waals surface area contributed by atoms with Gasteiger partial charge in [0.1, 0.15) is 0 Å². The molecular weight excluding hydrogens is 262 g/mol. The smallest absolute Gasteiger partial charge is 0.319 e. The Bertz CT molecular complexity index is 430. The molecule has 0 spiro atoms. The van der Waals surface area contributed by atoms with Gasteiger partial charge in [0, 0.05) is 12.1 Å². The number of rotatable bonds is 3. The van der Waals surface area contributed by atoms with Gasteiger partial charge in [-0.05, 0) is 44.9 Å². The zero-order valence-electron chi connectivity index (χ0n) is 11.1. The highest BCUT2D eigenvalue weighted by atomic mass is 35.5. The van der Waals surface area contributed by atoms with Gasteiger partial charge in [0.05, 0.1) is 10.7 Å². The van der Waals surface area contributed by atoms with Crippen LogP contribution in [0.2, 0.25) is 5.02 Å². The summed E-state index contributed by atoms with van der Waals surface area (Å²) in [4.78, 5) is 11.9. The Labute approximate surface area is 118 Å². The molecule has 1 aliphatic carbocycles. The van der Waals surface area contributed by atoms with Crippen molar-refractivity contribution in [1.29, 1.82) is 0 Å². The molecule has 2 rings (SSSR count). The van der Waals surface area contributed by atoms with Crippen LogP contribution in [-0.4, -0.2) is 25.2 Å². The molecule has 0 unspecified atom stereocenters. The predicted octanol–water partition coefficient (Wildman–Crippen LogP) is 2.99. The molecule has 1 aromatic carbocycles. The molecule has 1 saturated carbocycles. The van der Waals surface area contributed by atoms with E-state index in [2.05, 4.69) is 16.0 Å². The number of hydrogen-bond acceptors (Lipinski definition) is 2. The fraction of sp³-hybridized carbons (Fsp3) is 0.500. The summed E-state index contributed by atoms with van der Waals surface area (Å²) in [5.74, 6) is 0. The second-order valence-electron chi connectivity index (χ2n) is 4.92. The van der Waals surface area contributed by atoms with Gasteiger partial charge >= 0.3 is 6.03 Å². The molecule has 0 atom stereocenters. The molecule has 1 aromatic rings. The summed E-state index contributed by atoms with van der Waals surface area (Å²) < 4.78 is 0. The van der Waals surface area contributed by atoms with Crippen LogP contribution < -0.4 is 16.0 Å². The molecule has 0 radical (unpaired) electrons. The fourth-order valence-corrected chi connectivity index (χ4v) is 2.62. The van der Waals surface area contributed by atoms with E-state index in [1.807, 2.05) is 19.2 Å². The third-order valence-electron chi connectivity index (χ3n) is 3.59. The van der Waals surface area contributed by atoms with Gasteiger partial charge in [-0.3, -0.25) is 0 Å². The molecule has 0 aliphatic heterocycles. The highest BCUT2D eigenvalue weighted by Gasteiger charge is 2.21. The normalized spacial score (nSPS) is 22.8. The Morgan fingerprint density at radius 2 is 1.79 bits per heavy atom. The Morgan fingerprint density at radius 1 is 1.16 bits per heavy atom. The molecule has 0 saturated heterocycles. The van der Waals surface area contributed by atoms with Crippen molar-refractivity contribution in [2.45, 2.75) is 37.8 Å². The van der Waals surface area contributed by atoms with Crippen molar-refractivity contribution >= 4 is 23.3 Å². The molecule has 0 heterocycles. The van der Waals surface area contributed by atoms with E-state index in [9.17, 15) is 4.79 Å². The van der Waals surface area contributed by atoms with Crippen molar-refractivity contribution in [2.75, 3.05) is 12.4 Å². The minimum atomic E-state index is -0.180. The number of halogens is 1. The van der Waals surface area contributed by atoms with Crippen LogP contribution in [0.15, 0.2) is 24.3 Å². The van der Waals surface area contributed by atoms with E-state index >= 15 is 0 Å². The zero-order valence-corrected chi connectivity index (χ0v) is 11.8. The van der Waals surface area contributed by atoms with Crippen LogP contribution in [0.3, 0.4) is 0 Å². The largest absolute Gasteiger partial charge is 0.335 e. The molecule has 5 heteroatoms. The van der Waals surface area contributed by atoms with Gasteiger partial charge in [-0.15, -0.1) is 0 Å². The fourth-order valence-electron chi connectivity index (χ4n) is 2.43. The highest BCUT2D eigenvalue weighted by molar-refractivity contribution is 6.33. The van der Waals surface area contributed by atoms with Crippen LogP contribution in [0.4, 0.5) is 10.5 Å². The number of amides is 2. The molecule has 4 nitrogen and oxygen atoms in total. The number of carbonyl (C=O) groups excluding carboxylic acids is 1. The zero-order chi connectivity index (χ0) is 13.7. The van der Waals surface area contributed by atoms with Crippen LogP contribution in [0.1, 0.15) is 25.7 Å². The Morgan fingerprint density at radius 3 is 2.42 bits per heavy atom. The Kier molecular flexibility index (Phi) is 5.05.